The molecule has 3 rings (SSSR count). The molecule has 0 saturated heterocycles. The topological polar surface area (TPSA) is 63.3 Å². The standard InChI is InChI=1S/C17H22N4.HI/c18-17(20-12-13-4-3-5-13)19-11-10-15-9-8-14-6-1-2-7-16(14)21-15;/h1-2,6-9,13H,3-5,10-12H2,(H3,18,19,20);1H. The molecule has 118 valence electrons. The maximum Gasteiger partial charge on any atom is 0.188 e. The molecule has 22 heavy (non-hydrogen) atoms. The fraction of sp³-hybridized carbons (Fsp3) is 0.412. The molecule has 0 radical (unpaired) electrons. The molecule has 0 amide bonds. The lowest BCUT2D eigenvalue weighted by atomic mass is 9.86. The highest BCUT2D eigenvalue weighted by Crippen LogP contribution is 2.26. The molecule has 0 spiro atoms. The zero-order chi connectivity index (χ0) is 14.5. The van der Waals surface area contributed by atoms with Crippen LogP contribution in [0, 0.1) is 5.92 Å². The largest absolute Gasteiger partial charge is 0.370 e. The first-order valence-corrected chi connectivity index (χ1v) is 7.70. The number of aliphatic imine (C=N–C) groups is 1. The minimum absolute atomic E-state index is 0. The monoisotopic (exact) mass is 410 g/mol. The van der Waals surface area contributed by atoms with Crippen LogP contribution in [0.1, 0.15) is 25.0 Å². The van der Waals surface area contributed by atoms with E-state index in [0.717, 1.165) is 36.6 Å². The van der Waals surface area contributed by atoms with Crippen molar-refractivity contribution in [2.45, 2.75) is 25.7 Å². The number of nitrogens with zero attached hydrogens (tertiary/aromatic N) is 2. The van der Waals surface area contributed by atoms with E-state index in [9.17, 15) is 0 Å². The Hall–Kier alpha value is -1.37. The first-order chi connectivity index (χ1) is 10.3. The van der Waals surface area contributed by atoms with Crippen molar-refractivity contribution < 1.29 is 0 Å². The van der Waals surface area contributed by atoms with Gasteiger partial charge in [-0.05, 0) is 30.9 Å². The molecular formula is C17H23IN4. The molecule has 2 aromatic rings. The van der Waals surface area contributed by atoms with E-state index in [2.05, 4.69) is 33.5 Å². The van der Waals surface area contributed by atoms with Crippen molar-refractivity contribution in [2.75, 3.05) is 13.1 Å². The second-order valence-corrected chi connectivity index (χ2v) is 5.69. The van der Waals surface area contributed by atoms with E-state index < -0.39 is 0 Å². The van der Waals surface area contributed by atoms with Gasteiger partial charge in [-0.3, -0.25) is 9.98 Å². The molecule has 1 aromatic heterocycles. The van der Waals surface area contributed by atoms with E-state index in [4.69, 9.17) is 5.73 Å². The Morgan fingerprint density at radius 3 is 2.82 bits per heavy atom. The van der Waals surface area contributed by atoms with E-state index in [1.807, 2.05) is 18.2 Å². The predicted molar refractivity (Wildman–Crippen MR) is 103 cm³/mol. The Balaban J connectivity index is 0.00000176. The first kappa shape index (κ1) is 17.0. The summed E-state index contributed by atoms with van der Waals surface area (Å²) in [6.45, 7) is 1.64. The van der Waals surface area contributed by atoms with Crippen LogP contribution in [0.4, 0.5) is 0 Å². The van der Waals surface area contributed by atoms with Crippen molar-refractivity contribution >= 4 is 40.8 Å². The Morgan fingerprint density at radius 1 is 1.23 bits per heavy atom. The summed E-state index contributed by atoms with van der Waals surface area (Å²) in [5.41, 5.74) is 7.99. The van der Waals surface area contributed by atoms with Crippen LogP contribution in [0.2, 0.25) is 0 Å². The second kappa shape index (κ2) is 8.31. The molecule has 1 aromatic carbocycles. The van der Waals surface area contributed by atoms with Crippen LogP contribution in [0.15, 0.2) is 41.4 Å². The molecule has 1 saturated carbocycles. The average Bonchev–Trinajstić information content (AvgIpc) is 2.45. The van der Waals surface area contributed by atoms with E-state index in [1.165, 1.54) is 24.6 Å². The molecule has 1 heterocycles. The van der Waals surface area contributed by atoms with Gasteiger partial charge >= 0.3 is 0 Å². The summed E-state index contributed by atoms with van der Waals surface area (Å²) in [5.74, 6) is 1.31. The highest BCUT2D eigenvalue weighted by atomic mass is 127. The van der Waals surface area contributed by atoms with Crippen molar-refractivity contribution in [1.29, 1.82) is 0 Å². The Morgan fingerprint density at radius 2 is 2.05 bits per heavy atom. The van der Waals surface area contributed by atoms with Crippen LogP contribution in [-0.4, -0.2) is 24.0 Å². The van der Waals surface area contributed by atoms with Gasteiger partial charge in [0.2, 0.25) is 0 Å². The van der Waals surface area contributed by atoms with Gasteiger partial charge in [-0.15, -0.1) is 24.0 Å². The molecule has 1 aliphatic rings. The van der Waals surface area contributed by atoms with E-state index in [1.54, 1.807) is 0 Å². The summed E-state index contributed by atoms with van der Waals surface area (Å²) < 4.78 is 0. The highest BCUT2D eigenvalue weighted by Gasteiger charge is 2.16. The number of pyridine rings is 1. The van der Waals surface area contributed by atoms with Gasteiger partial charge in [-0.1, -0.05) is 30.7 Å². The minimum Gasteiger partial charge on any atom is -0.370 e. The lowest BCUT2D eigenvalue weighted by molar-refractivity contribution is 0.326. The van der Waals surface area contributed by atoms with Crippen molar-refractivity contribution in [2.24, 2.45) is 16.6 Å². The summed E-state index contributed by atoms with van der Waals surface area (Å²) in [5, 5.41) is 4.35. The Labute approximate surface area is 148 Å². The molecule has 0 unspecified atom stereocenters. The lowest BCUT2D eigenvalue weighted by Gasteiger charge is -2.23. The predicted octanol–water partition coefficient (Wildman–Crippen LogP) is 3.10. The van der Waals surface area contributed by atoms with Gasteiger partial charge in [0.25, 0.3) is 0 Å². The fourth-order valence-corrected chi connectivity index (χ4v) is 2.52. The highest BCUT2D eigenvalue weighted by molar-refractivity contribution is 14.0. The number of guanidine groups is 1. The van der Waals surface area contributed by atoms with Crippen molar-refractivity contribution in [1.82, 2.24) is 10.3 Å². The second-order valence-electron chi connectivity index (χ2n) is 5.69. The summed E-state index contributed by atoms with van der Waals surface area (Å²) in [7, 11) is 0. The maximum atomic E-state index is 5.87. The molecule has 1 aliphatic carbocycles. The van der Waals surface area contributed by atoms with Crippen molar-refractivity contribution in [3.63, 3.8) is 0 Å². The third-order valence-electron chi connectivity index (χ3n) is 4.09. The van der Waals surface area contributed by atoms with Crippen LogP contribution in [-0.2, 0) is 6.42 Å². The number of halogens is 1. The zero-order valence-corrected chi connectivity index (χ0v) is 15.0. The lowest BCUT2D eigenvalue weighted by Crippen LogP contribution is -2.34. The molecule has 3 N–H and O–H groups in total. The average molecular weight is 410 g/mol. The van der Waals surface area contributed by atoms with Crippen LogP contribution < -0.4 is 11.1 Å². The third-order valence-corrected chi connectivity index (χ3v) is 4.09. The van der Waals surface area contributed by atoms with Gasteiger partial charge < -0.3 is 11.1 Å². The van der Waals surface area contributed by atoms with Crippen molar-refractivity contribution in [3.05, 3.63) is 42.1 Å². The molecule has 0 aliphatic heterocycles. The number of fused-ring (bicyclic) bond motifs is 1. The zero-order valence-electron chi connectivity index (χ0n) is 12.7. The smallest absolute Gasteiger partial charge is 0.188 e. The number of para-hydroxylation sites is 1. The van der Waals surface area contributed by atoms with E-state index >= 15 is 0 Å². The molecule has 1 fully saturated rings. The van der Waals surface area contributed by atoms with Crippen LogP contribution >= 0.6 is 24.0 Å². The molecular weight excluding hydrogens is 387 g/mol. The number of aromatic nitrogens is 1. The van der Waals surface area contributed by atoms with Crippen LogP contribution in [0.25, 0.3) is 10.9 Å². The minimum atomic E-state index is 0. The van der Waals surface area contributed by atoms with E-state index in [0.29, 0.717) is 5.96 Å². The van der Waals surface area contributed by atoms with Gasteiger partial charge in [0, 0.05) is 30.6 Å². The summed E-state index contributed by atoms with van der Waals surface area (Å²) >= 11 is 0. The van der Waals surface area contributed by atoms with Gasteiger partial charge in [-0.25, -0.2) is 0 Å². The molecule has 4 nitrogen and oxygen atoms in total. The van der Waals surface area contributed by atoms with Crippen LogP contribution in [0.5, 0.6) is 0 Å². The van der Waals surface area contributed by atoms with Gasteiger partial charge in [-0.2, -0.15) is 0 Å². The third kappa shape index (κ3) is 4.56. The van der Waals surface area contributed by atoms with E-state index in [-0.39, 0.29) is 24.0 Å². The number of hydrogen-bond acceptors (Lipinski definition) is 2. The number of rotatable bonds is 5. The van der Waals surface area contributed by atoms with Crippen molar-refractivity contribution in [3.8, 4) is 0 Å². The normalized spacial score (nSPS) is 15.2. The SMILES string of the molecule is I.NC(=NCC1CCC1)NCCc1ccc2ccccc2n1. The Kier molecular flexibility index (Phi) is 6.42. The van der Waals surface area contributed by atoms with Gasteiger partial charge in [0.1, 0.15) is 0 Å². The molecule has 0 atom stereocenters. The Bertz CT molecular complexity index is 637. The number of hydrogen-bond donors (Lipinski definition) is 2. The van der Waals surface area contributed by atoms with Crippen LogP contribution in [0.3, 0.4) is 0 Å². The summed E-state index contributed by atoms with van der Waals surface area (Å²) in [6, 6.07) is 12.4. The summed E-state index contributed by atoms with van der Waals surface area (Å²) in [6.07, 6.45) is 4.81. The number of benzene rings is 1. The van der Waals surface area contributed by atoms with Gasteiger partial charge in [0.15, 0.2) is 5.96 Å². The maximum absolute atomic E-state index is 5.87. The fourth-order valence-electron chi connectivity index (χ4n) is 2.52. The molecule has 5 heteroatoms. The quantitative estimate of drug-likeness (QED) is 0.453. The number of nitrogens with two attached hydrogens (primary N) is 1. The first-order valence-electron chi connectivity index (χ1n) is 7.70. The summed E-state index contributed by atoms with van der Waals surface area (Å²) in [4.78, 5) is 9.04. The van der Waals surface area contributed by atoms with Gasteiger partial charge in [0.05, 0.1) is 5.52 Å². The number of nitrogens with one attached hydrogen (secondary N) is 1. The molecule has 0 bridgehead atoms.